The summed E-state index contributed by atoms with van der Waals surface area (Å²) < 4.78 is 7.39. The van der Waals surface area contributed by atoms with Gasteiger partial charge in [-0.25, -0.2) is 0 Å². The molecule has 0 radical (unpaired) electrons. The van der Waals surface area contributed by atoms with Crippen molar-refractivity contribution < 1.29 is 9.53 Å². The van der Waals surface area contributed by atoms with Crippen molar-refractivity contribution in [3.8, 4) is 5.75 Å². The van der Waals surface area contributed by atoms with Gasteiger partial charge in [-0.05, 0) is 43.5 Å². The van der Waals surface area contributed by atoms with Crippen molar-refractivity contribution in [2.24, 2.45) is 0 Å². The summed E-state index contributed by atoms with van der Waals surface area (Å²) >= 11 is 1.42. The van der Waals surface area contributed by atoms with Crippen LogP contribution in [0.25, 0.3) is 16.6 Å². The maximum absolute atomic E-state index is 12.4. The third-order valence-corrected chi connectivity index (χ3v) is 6.11. The predicted molar refractivity (Wildman–Crippen MR) is 108 cm³/mol. The molecule has 1 aromatic carbocycles. The minimum atomic E-state index is 0.0673. The largest absolute Gasteiger partial charge is 0.497 e. The number of aromatic nitrogens is 3. The molecule has 27 heavy (non-hydrogen) atoms. The second-order valence-electron chi connectivity index (χ2n) is 7.08. The molecule has 0 saturated heterocycles. The molecule has 142 valence electrons. The molecular formula is C20H24N4O2S. The van der Waals surface area contributed by atoms with Crippen molar-refractivity contribution in [3.05, 3.63) is 29.8 Å². The molecule has 3 aromatic rings. The second-order valence-corrected chi connectivity index (χ2v) is 8.02. The van der Waals surface area contributed by atoms with E-state index in [4.69, 9.17) is 4.74 Å². The molecule has 6 nitrogen and oxygen atoms in total. The van der Waals surface area contributed by atoms with Gasteiger partial charge in [0.15, 0.2) is 10.8 Å². The fourth-order valence-electron chi connectivity index (χ4n) is 3.77. The van der Waals surface area contributed by atoms with Crippen molar-refractivity contribution in [2.45, 2.75) is 50.2 Å². The highest BCUT2D eigenvalue weighted by molar-refractivity contribution is 7.99. The standard InChI is InChI=1S/C20H24N4O2S/c1-13-10-18-22-23-20(24(18)17-11-15(26-2)8-9-16(13)17)27-12-19(25)21-14-6-4-3-5-7-14/h8-11,14H,3-7,12H2,1-2H3,(H,21,25). The van der Waals surface area contributed by atoms with Gasteiger partial charge in [0.1, 0.15) is 5.75 Å². The molecule has 1 fully saturated rings. The average Bonchev–Trinajstić information content (AvgIpc) is 3.09. The molecule has 1 saturated carbocycles. The summed E-state index contributed by atoms with van der Waals surface area (Å²) in [6, 6.07) is 8.34. The molecule has 0 spiro atoms. The van der Waals surface area contributed by atoms with Gasteiger partial charge in [0.25, 0.3) is 0 Å². The summed E-state index contributed by atoms with van der Waals surface area (Å²) in [6.45, 7) is 2.06. The van der Waals surface area contributed by atoms with Gasteiger partial charge in [0, 0.05) is 17.5 Å². The lowest BCUT2D eigenvalue weighted by Gasteiger charge is -2.22. The van der Waals surface area contributed by atoms with Crippen LogP contribution >= 0.6 is 11.8 Å². The van der Waals surface area contributed by atoms with E-state index in [0.717, 1.165) is 45.9 Å². The summed E-state index contributed by atoms with van der Waals surface area (Å²) in [5, 5.41) is 13.6. The van der Waals surface area contributed by atoms with Gasteiger partial charge in [-0.3, -0.25) is 9.20 Å². The number of thioether (sulfide) groups is 1. The van der Waals surface area contributed by atoms with Crippen molar-refractivity contribution in [3.63, 3.8) is 0 Å². The molecule has 0 unspecified atom stereocenters. The van der Waals surface area contributed by atoms with Crippen LogP contribution in [0.3, 0.4) is 0 Å². The van der Waals surface area contributed by atoms with E-state index in [1.54, 1.807) is 7.11 Å². The molecular weight excluding hydrogens is 360 g/mol. The number of nitrogens with one attached hydrogen (secondary N) is 1. The fourth-order valence-corrected chi connectivity index (χ4v) is 4.53. The van der Waals surface area contributed by atoms with Crippen LogP contribution in [0.15, 0.2) is 29.4 Å². The number of carbonyl (C=O) groups is 1. The van der Waals surface area contributed by atoms with Gasteiger partial charge < -0.3 is 10.1 Å². The minimum absolute atomic E-state index is 0.0673. The molecule has 1 N–H and O–H groups in total. The third kappa shape index (κ3) is 3.74. The van der Waals surface area contributed by atoms with E-state index in [0.29, 0.717) is 11.8 Å². The quantitative estimate of drug-likeness (QED) is 0.679. The molecule has 4 rings (SSSR count). The Hall–Kier alpha value is -2.28. The summed E-state index contributed by atoms with van der Waals surface area (Å²) in [6.07, 6.45) is 5.88. The van der Waals surface area contributed by atoms with Crippen molar-refractivity contribution in [1.29, 1.82) is 0 Å². The number of rotatable bonds is 5. The number of benzene rings is 1. The molecule has 2 aromatic heterocycles. The number of amides is 1. The van der Waals surface area contributed by atoms with Gasteiger partial charge in [-0.1, -0.05) is 31.0 Å². The van der Waals surface area contributed by atoms with Gasteiger partial charge in [-0.2, -0.15) is 0 Å². The number of fused-ring (bicyclic) bond motifs is 3. The third-order valence-electron chi connectivity index (χ3n) is 5.18. The SMILES string of the molecule is COc1ccc2c(C)cc3nnc(SCC(=O)NC4CCCCC4)n3c2c1. The minimum Gasteiger partial charge on any atom is -0.497 e. The van der Waals surface area contributed by atoms with Crippen LogP contribution in [0.2, 0.25) is 0 Å². The first-order chi connectivity index (χ1) is 13.2. The zero-order chi connectivity index (χ0) is 18.8. The molecule has 0 bridgehead atoms. The van der Waals surface area contributed by atoms with Crippen LogP contribution in [0.1, 0.15) is 37.7 Å². The molecule has 1 aliphatic rings. The van der Waals surface area contributed by atoms with E-state index in [2.05, 4.69) is 22.4 Å². The number of ether oxygens (including phenoxy) is 1. The fraction of sp³-hybridized carbons (Fsp3) is 0.450. The number of nitrogens with zero attached hydrogens (tertiary/aromatic N) is 3. The van der Waals surface area contributed by atoms with E-state index in [9.17, 15) is 4.79 Å². The summed E-state index contributed by atoms with van der Waals surface area (Å²) in [7, 11) is 1.66. The Balaban J connectivity index is 1.58. The van der Waals surface area contributed by atoms with E-state index in [-0.39, 0.29) is 5.91 Å². The lowest BCUT2D eigenvalue weighted by Crippen LogP contribution is -2.37. The highest BCUT2D eigenvalue weighted by Gasteiger charge is 2.17. The van der Waals surface area contributed by atoms with Crippen molar-refractivity contribution >= 4 is 34.2 Å². The summed E-state index contributed by atoms with van der Waals surface area (Å²) in [4.78, 5) is 12.4. The highest BCUT2D eigenvalue weighted by atomic mass is 32.2. The predicted octanol–water partition coefficient (Wildman–Crippen LogP) is 3.74. The van der Waals surface area contributed by atoms with Crippen LogP contribution in [0.4, 0.5) is 0 Å². The van der Waals surface area contributed by atoms with E-state index in [1.807, 2.05) is 28.7 Å². The number of aryl methyl sites for hydroxylation is 1. The smallest absolute Gasteiger partial charge is 0.230 e. The molecule has 0 atom stereocenters. The maximum atomic E-state index is 12.4. The van der Waals surface area contributed by atoms with Crippen LogP contribution in [-0.2, 0) is 4.79 Å². The lowest BCUT2D eigenvalue weighted by atomic mass is 9.95. The Bertz CT molecular complexity index is 979. The number of carbonyl (C=O) groups excluding carboxylic acids is 1. The van der Waals surface area contributed by atoms with Crippen LogP contribution in [0, 0.1) is 6.92 Å². The Morgan fingerprint density at radius 2 is 2.07 bits per heavy atom. The first-order valence-electron chi connectivity index (χ1n) is 9.40. The van der Waals surface area contributed by atoms with Gasteiger partial charge in [-0.15, -0.1) is 10.2 Å². The van der Waals surface area contributed by atoms with Crippen LogP contribution in [0.5, 0.6) is 5.75 Å². The van der Waals surface area contributed by atoms with Gasteiger partial charge in [0.2, 0.25) is 5.91 Å². The van der Waals surface area contributed by atoms with Gasteiger partial charge >= 0.3 is 0 Å². The molecule has 2 heterocycles. The molecule has 1 aliphatic carbocycles. The highest BCUT2D eigenvalue weighted by Crippen LogP contribution is 2.28. The topological polar surface area (TPSA) is 68.5 Å². The van der Waals surface area contributed by atoms with Crippen molar-refractivity contribution in [2.75, 3.05) is 12.9 Å². The first kappa shape index (κ1) is 18.1. The number of methoxy groups -OCH3 is 1. The second kappa shape index (κ2) is 7.76. The Labute approximate surface area is 162 Å². The zero-order valence-electron chi connectivity index (χ0n) is 15.7. The number of hydrogen-bond donors (Lipinski definition) is 1. The lowest BCUT2D eigenvalue weighted by molar-refractivity contribution is -0.119. The summed E-state index contributed by atoms with van der Waals surface area (Å²) in [5.74, 6) is 1.20. The zero-order valence-corrected chi connectivity index (χ0v) is 16.5. The Morgan fingerprint density at radius 1 is 1.26 bits per heavy atom. The van der Waals surface area contributed by atoms with Crippen molar-refractivity contribution in [1.82, 2.24) is 19.9 Å². The Kier molecular flexibility index (Phi) is 5.20. The first-order valence-corrected chi connectivity index (χ1v) is 10.4. The van der Waals surface area contributed by atoms with Gasteiger partial charge in [0.05, 0.1) is 18.4 Å². The van der Waals surface area contributed by atoms with E-state index < -0.39 is 0 Å². The van der Waals surface area contributed by atoms with E-state index >= 15 is 0 Å². The maximum Gasteiger partial charge on any atom is 0.230 e. The molecule has 0 aliphatic heterocycles. The molecule has 7 heteroatoms. The monoisotopic (exact) mass is 384 g/mol. The summed E-state index contributed by atoms with van der Waals surface area (Å²) in [5.41, 5.74) is 2.91. The molecule has 1 amide bonds. The van der Waals surface area contributed by atoms with E-state index in [1.165, 1.54) is 31.0 Å². The van der Waals surface area contributed by atoms with Crippen LogP contribution in [-0.4, -0.2) is 39.4 Å². The number of hydrogen-bond acceptors (Lipinski definition) is 5. The Morgan fingerprint density at radius 3 is 2.85 bits per heavy atom. The van der Waals surface area contributed by atoms with Crippen LogP contribution < -0.4 is 10.1 Å². The number of pyridine rings is 1. The normalized spacial score (nSPS) is 15.3. The average molecular weight is 385 g/mol.